The number of hydrogen-bond acceptors (Lipinski definition) is 3. The van der Waals surface area contributed by atoms with Crippen LogP contribution in [-0.4, -0.2) is 4.98 Å². The van der Waals surface area contributed by atoms with Crippen molar-refractivity contribution in [1.82, 2.24) is 10.3 Å². The Balaban J connectivity index is 2.01. The minimum atomic E-state index is -0.547. The van der Waals surface area contributed by atoms with E-state index in [-0.39, 0.29) is 6.04 Å². The number of nitrogens with one attached hydrogen (secondary N) is 1. The molecule has 96 valence electrons. The van der Waals surface area contributed by atoms with E-state index in [1.807, 2.05) is 12.3 Å². The predicted octanol–water partition coefficient (Wildman–Crippen LogP) is 3.66. The molecule has 0 bridgehead atoms. The number of hydrogen-bond donors (Lipinski definition) is 1. The van der Waals surface area contributed by atoms with E-state index >= 15 is 0 Å². The number of rotatable bonds is 5. The van der Waals surface area contributed by atoms with E-state index in [2.05, 4.69) is 10.3 Å². The number of aromatic nitrogens is 1. The van der Waals surface area contributed by atoms with Crippen molar-refractivity contribution in [1.29, 1.82) is 0 Å². The summed E-state index contributed by atoms with van der Waals surface area (Å²) >= 11 is 1.58. The quantitative estimate of drug-likeness (QED) is 0.895. The summed E-state index contributed by atoms with van der Waals surface area (Å²) in [6, 6.07) is 3.67. The van der Waals surface area contributed by atoms with Crippen LogP contribution in [0.15, 0.2) is 29.8 Å². The monoisotopic (exact) mass is 268 g/mol. The number of nitrogens with zero attached hydrogens (tertiary/aromatic N) is 1. The first-order chi connectivity index (χ1) is 8.69. The maximum atomic E-state index is 13.0. The summed E-state index contributed by atoms with van der Waals surface area (Å²) in [6.07, 6.45) is 2.64. The summed E-state index contributed by atoms with van der Waals surface area (Å²) in [6.45, 7) is 2.47. The van der Waals surface area contributed by atoms with Crippen molar-refractivity contribution in [3.63, 3.8) is 0 Å². The van der Waals surface area contributed by atoms with E-state index in [9.17, 15) is 8.78 Å². The van der Waals surface area contributed by atoms with Crippen LogP contribution in [0.2, 0.25) is 0 Å². The normalized spacial score (nSPS) is 12.6. The van der Waals surface area contributed by atoms with Crippen molar-refractivity contribution < 1.29 is 8.78 Å². The number of benzene rings is 1. The predicted molar refractivity (Wildman–Crippen MR) is 68.3 cm³/mol. The maximum absolute atomic E-state index is 13.0. The Morgan fingerprint density at radius 1 is 1.28 bits per heavy atom. The van der Waals surface area contributed by atoms with Crippen LogP contribution in [0.4, 0.5) is 8.78 Å². The van der Waals surface area contributed by atoms with E-state index in [4.69, 9.17) is 0 Å². The molecule has 18 heavy (non-hydrogen) atoms. The molecule has 2 aromatic rings. The highest BCUT2D eigenvalue weighted by Crippen LogP contribution is 2.19. The average Bonchev–Trinajstić information content (AvgIpc) is 2.82. The smallest absolute Gasteiger partial charge is 0.126 e. The molecule has 0 aliphatic rings. The van der Waals surface area contributed by atoms with Gasteiger partial charge in [-0.15, -0.1) is 11.3 Å². The van der Waals surface area contributed by atoms with Gasteiger partial charge in [0.1, 0.15) is 16.6 Å². The van der Waals surface area contributed by atoms with Crippen molar-refractivity contribution >= 4 is 11.3 Å². The molecule has 0 spiro atoms. The molecule has 0 aliphatic carbocycles. The summed E-state index contributed by atoms with van der Waals surface area (Å²) in [7, 11) is 0. The fraction of sp³-hybridized carbons (Fsp3) is 0.308. The highest BCUT2D eigenvalue weighted by molar-refractivity contribution is 7.09. The standard InChI is InChI=1S/C13H14F2N2S/c1-2-12(13-16-3-4-18-13)17-8-9-5-10(14)7-11(15)6-9/h3-7,12,17H,2,8H2,1H3. The second-order valence-corrected chi connectivity index (χ2v) is 4.92. The van der Waals surface area contributed by atoms with E-state index in [0.29, 0.717) is 12.1 Å². The molecule has 0 saturated carbocycles. The molecule has 1 aromatic heterocycles. The molecule has 2 nitrogen and oxygen atoms in total. The van der Waals surface area contributed by atoms with Gasteiger partial charge in [-0.1, -0.05) is 6.92 Å². The van der Waals surface area contributed by atoms with Gasteiger partial charge in [0.2, 0.25) is 0 Å². The Kier molecular flexibility index (Phi) is 4.38. The van der Waals surface area contributed by atoms with E-state index < -0.39 is 11.6 Å². The summed E-state index contributed by atoms with van der Waals surface area (Å²) in [5.41, 5.74) is 0.600. The molecule has 0 amide bonds. The van der Waals surface area contributed by atoms with Crippen molar-refractivity contribution in [2.75, 3.05) is 0 Å². The van der Waals surface area contributed by atoms with Crippen molar-refractivity contribution in [3.8, 4) is 0 Å². The summed E-state index contributed by atoms with van der Waals surface area (Å²) < 4.78 is 26.1. The van der Waals surface area contributed by atoms with Crippen molar-refractivity contribution in [2.45, 2.75) is 25.9 Å². The van der Waals surface area contributed by atoms with Gasteiger partial charge in [0.25, 0.3) is 0 Å². The first kappa shape index (κ1) is 13.1. The zero-order chi connectivity index (χ0) is 13.0. The minimum Gasteiger partial charge on any atom is -0.304 e. The van der Waals surface area contributed by atoms with Gasteiger partial charge in [-0.3, -0.25) is 0 Å². The SMILES string of the molecule is CCC(NCc1cc(F)cc(F)c1)c1nccs1. The minimum absolute atomic E-state index is 0.122. The second kappa shape index (κ2) is 6.02. The van der Waals surface area contributed by atoms with Crippen LogP contribution in [0.25, 0.3) is 0 Å². The number of thiazole rings is 1. The van der Waals surface area contributed by atoms with Gasteiger partial charge in [-0.2, -0.15) is 0 Å². The Morgan fingerprint density at radius 2 is 2.00 bits per heavy atom. The molecule has 2 rings (SSSR count). The molecule has 1 heterocycles. The fourth-order valence-corrected chi connectivity index (χ4v) is 2.56. The molecular formula is C13H14F2N2S. The third-order valence-corrected chi connectivity index (χ3v) is 3.52. The molecular weight excluding hydrogens is 254 g/mol. The molecule has 0 fully saturated rings. The lowest BCUT2D eigenvalue weighted by Crippen LogP contribution is -2.20. The molecule has 1 aromatic carbocycles. The van der Waals surface area contributed by atoms with Crippen LogP contribution < -0.4 is 5.32 Å². The molecule has 0 saturated heterocycles. The molecule has 5 heteroatoms. The Bertz CT molecular complexity index is 479. The summed E-state index contributed by atoms with van der Waals surface area (Å²) in [5, 5.41) is 6.17. The highest BCUT2D eigenvalue weighted by atomic mass is 32.1. The summed E-state index contributed by atoms with van der Waals surface area (Å²) in [5.74, 6) is -1.09. The molecule has 0 aliphatic heterocycles. The van der Waals surface area contributed by atoms with Crippen molar-refractivity contribution in [3.05, 3.63) is 52.0 Å². The van der Waals surface area contributed by atoms with Crippen LogP contribution in [-0.2, 0) is 6.54 Å². The average molecular weight is 268 g/mol. The van der Waals surface area contributed by atoms with E-state index in [1.54, 1.807) is 17.5 Å². The number of halogens is 2. The lowest BCUT2D eigenvalue weighted by Gasteiger charge is -2.14. The molecule has 1 atom stereocenters. The second-order valence-electron chi connectivity index (χ2n) is 3.99. The van der Waals surface area contributed by atoms with Gasteiger partial charge in [0.15, 0.2) is 0 Å². The van der Waals surface area contributed by atoms with Gasteiger partial charge in [0, 0.05) is 24.2 Å². The molecule has 0 radical (unpaired) electrons. The largest absolute Gasteiger partial charge is 0.304 e. The third-order valence-electron chi connectivity index (χ3n) is 2.63. The Labute approximate surface area is 109 Å². The van der Waals surface area contributed by atoms with Crippen molar-refractivity contribution in [2.24, 2.45) is 0 Å². The van der Waals surface area contributed by atoms with Crippen LogP contribution >= 0.6 is 11.3 Å². The zero-order valence-electron chi connectivity index (χ0n) is 9.99. The van der Waals surface area contributed by atoms with Crippen LogP contribution in [0.5, 0.6) is 0 Å². The van der Waals surface area contributed by atoms with E-state index in [0.717, 1.165) is 17.5 Å². The molecule has 1 N–H and O–H groups in total. The van der Waals surface area contributed by atoms with Gasteiger partial charge in [-0.25, -0.2) is 13.8 Å². The van der Waals surface area contributed by atoms with Crippen LogP contribution in [0.3, 0.4) is 0 Å². The van der Waals surface area contributed by atoms with Gasteiger partial charge < -0.3 is 5.32 Å². The van der Waals surface area contributed by atoms with Crippen LogP contribution in [0, 0.1) is 11.6 Å². The fourth-order valence-electron chi connectivity index (χ4n) is 1.77. The molecule has 1 unspecified atom stereocenters. The Hall–Kier alpha value is -1.33. The van der Waals surface area contributed by atoms with Gasteiger partial charge in [-0.05, 0) is 24.1 Å². The lowest BCUT2D eigenvalue weighted by atomic mass is 10.2. The zero-order valence-corrected chi connectivity index (χ0v) is 10.8. The van der Waals surface area contributed by atoms with E-state index in [1.165, 1.54) is 12.1 Å². The van der Waals surface area contributed by atoms with Gasteiger partial charge in [0.05, 0.1) is 6.04 Å². The van der Waals surface area contributed by atoms with Gasteiger partial charge >= 0.3 is 0 Å². The lowest BCUT2D eigenvalue weighted by molar-refractivity contribution is 0.511. The highest BCUT2D eigenvalue weighted by Gasteiger charge is 2.11. The first-order valence-electron chi connectivity index (χ1n) is 5.76. The summed E-state index contributed by atoms with van der Waals surface area (Å²) in [4.78, 5) is 4.24. The maximum Gasteiger partial charge on any atom is 0.126 e. The van der Waals surface area contributed by atoms with Crippen LogP contribution in [0.1, 0.15) is 30.0 Å². The first-order valence-corrected chi connectivity index (χ1v) is 6.64. The topological polar surface area (TPSA) is 24.9 Å². The Morgan fingerprint density at radius 3 is 2.56 bits per heavy atom. The third kappa shape index (κ3) is 3.34.